The van der Waals surface area contributed by atoms with Crippen molar-refractivity contribution in [3.63, 3.8) is 0 Å². The van der Waals surface area contributed by atoms with E-state index in [0.29, 0.717) is 56.4 Å². The fourth-order valence-corrected chi connectivity index (χ4v) is 3.71. The van der Waals surface area contributed by atoms with Gasteiger partial charge in [0.2, 0.25) is 5.91 Å². The Balaban J connectivity index is 1.35. The van der Waals surface area contributed by atoms with Gasteiger partial charge in [0.1, 0.15) is 11.5 Å². The molecule has 0 saturated carbocycles. The summed E-state index contributed by atoms with van der Waals surface area (Å²) >= 11 is 6.06. The van der Waals surface area contributed by atoms with Crippen molar-refractivity contribution in [2.45, 2.75) is 26.7 Å². The van der Waals surface area contributed by atoms with E-state index in [0.717, 1.165) is 16.9 Å². The predicted molar refractivity (Wildman–Crippen MR) is 121 cm³/mol. The molecule has 31 heavy (non-hydrogen) atoms. The van der Waals surface area contributed by atoms with Crippen LogP contribution in [-0.2, 0) is 9.59 Å². The molecule has 3 rings (SSSR count). The second-order valence-corrected chi connectivity index (χ2v) is 8.11. The lowest BCUT2D eigenvalue weighted by atomic mass is 10.1. The Hall–Kier alpha value is -2.73. The zero-order valence-corrected chi connectivity index (χ0v) is 18.9. The molecule has 6 nitrogen and oxygen atoms in total. The van der Waals surface area contributed by atoms with Crippen LogP contribution in [0.15, 0.2) is 42.5 Å². The maximum Gasteiger partial charge on any atom is 0.260 e. The molecule has 0 aromatic heterocycles. The summed E-state index contributed by atoms with van der Waals surface area (Å²) < 4.78 is 11.3. The highest BCUT2D eigenvalue weighted by atomic mass is 35.5. The monoisotopic (exact) mass is 444 g/mol. The van der Waals surface area contributed by atoms with Crippen molar-refractivity contribution in [2.24, 2.45) is 0 Å². The topological polar surface area (TPSA) is 59.1 Å². The van der Waals surface area contributed by atoms with E-state index in [-0.39, 0.29) is 18.4 Å². The maximum atomic E-state index is 12.5. The summed E-state index contributed by atoms with van der Waals surface area (Å²) in [5, 5.41) is 0.566. The van der Waals surface area contributed by atoms with Crippen molar-refractivity contribution < 1.29 is 19.1 Å². The van der Waals surface area contributed by atoms with E-state index < -0.39 is 0 Å². The number of para-hydroxylation sites is 1. The Morgan fingerprint density at radius 3 is 2.26 bits per heavy atom. The minimum Gasteiger partial charge on any atom is -0.492 e. The SMILES string of the molecule is Cc1ccc(OCC(=O)N2CCN(C(=O)CCCOc3ccccc3Cl)CC2)c(C)c1. The van der Waals surface area contributed by atoms with Gasteiger partial charge in [-0.3, -0.25) is 9.59 Å². The Kier molecular flexibility index (Phi) is 8.18. The molecule has 0 unspecified atom stereocenters. The van der Waals surface area contributed by atoms with Gasteiger partial charge in [0.15, 0.2) is 6.61 Å². The van der Waals surface area contributed by atoms with Crippen molar-refractivity contribution in [2.75, 3.05) is 39.4 Å². The first-order valence-corrected chi connectivity index (χ1v) is 10.9. The van der Waals surface area contributed by atoms with Gasteiger partial charge in [-0.2, -0.15) is 0 Å². The summed E-state index contributed by atoms with van der Waals surface area (Å²) in [5.41, 5.74) is 2.18. The zero-order valence-electron chi connectivity index (χ0n) is 18.1. The molecule has 2 aromatic rings. The van der Waals surface area contributed by atoms with Gasteiger partial charge in [0.05, 0.1) is 11.6 Å². The number of halogens is 1. The minimum absolute atomic E-state index is 0.0111. The van der Waals surface area contributed by atoms with Gasteiger partial charge in [0.25, 0.3) is 5.91 Å². The van der Waals surface area contributed by atoms with Gasteiger partial charge in [-0.15, -0.1) is 0 Å². The highest BCUT2D eigenvalue weighted by Crippen LogP contribution is 2.23. The molecule has 1 saturated heterocycles. The quantitative estimate of drug-likeness (QED) is 0.580. The summed E-state index contributed by atoms with van der Waals surface area (Å²) in [5.74, 6) is 1.39. The van der Waals surface area contributed by atoms with Gasteiger partial charge in [-0.25, -0.2) is 0 Å². The summed E-state index contributed by atoms with van der Waals surface area (Å²) in [6, 6.07) is 13.2. The molecule has 1 aliphatic heterocycles. The molecule has 0 atom stereocenters. The molecule has 2 amide bonds. The Labute approximate surface area is 188 Å². The van der Waals surface area contributed by atoms with Crippen LogP contribution in [0.25, 0.3) is 0 Å². The van der Waals surface area contributed by atoms with Crippen molar-refractivity contribution >= 4 is 23.4 Å². The molecule has 0 N–H and O–H groups in total. The molecule has 0 aliphatic carbocycles. The molecule has 166 valence electrons. The molecule has 1 aliphatic rings. The highest BCUT2D eigenvalue weighted by Gasteiger charge is 2.24. The zero-order chi connectivity index (χ0) is 22.2. The van der Waals surface area contributed by atoms with Crippen LogP contribution >= 0.6 is 11.6 Å². The van der Waals surface area contributed by atoms with Crippen LogP contribution in [0, 0.1) is 13.8 Å². The first-order valence-electron chi connectivity index (χ1n) is 10.6. The van der Waals surface area contributed by atoms with E-state index in [9.17, 15) is 9.59 Å². The maximum absolute atomic E-state index is 12.5. The van der Waals surface area contributed by atoms with Crippen molar-refractivity contribution in [3.05, 3.63) is 58.6 Å². The van der Waals surface area contributed by atoms with Gasteiger partial charge in [0, 0.05) is 32.6 Å². The second kappa shape index (κ2) is 11.0. The number of benzene rings is 2. The molecular weight excluding hydrogens is 416 g/mol. The molecule has 1 heterocycles. The van der Waals surface area contributed by atoms with Gasteiger partial charge in [-0.1, -0.05) is 41.4 Å². The molecular formula is C24H29ClN2O4. The Bertz CT molecular complexity index is 910. The van der Waals surface area contributed by atoms with Gasteiger partial charge < -0.3 is 19.3 Å². The summed E-state index contributed by atoms with van der Waals surface area (Å²) in [7, 11) is 0. The van der Waals surface area contributed by atoms with E-state index in [2.05, 4.69) is 0 Å². The van der Waals surface area contributed by atoms with Crippen LogP contribution in [0.1, 0.15) is 24.0 Å². The Morgan fingerprint density at radius 2 is 1.58 bits per heavy atom. The fourth-order valence-electron chi connectivity index (χ4n) is 3.52. The van der Waals surface area contributed by atoms with Crippen molar-refractivity contribution in [1.29, 1.82) is 0 Å². The number of ether oxygens (including phenoxy) is 2. The highest BCUT2D eigenvalue weighted by molar-refractivity contribution is 6.32. The third-order valence-corrected chi connectivity index (χ3v) is 5.61. The molecule has 2 aromatic carbocycles. The van der Waals surface area contributed by atoms with E-state index in [1.54, 1.807) is 11.0 Å². The van der Waals surface area contributed by atoms with E-state index in [1.165, 1.54) is 0 Å². The number of aryl methyl sites for hydroxylation is 2. The number of carbonyl (C=O) groups is 2. The molecule has 0 spiro atoms. The minimum atomic E-state index is -0.0554. The molecule has 0 bridgehead atoms. The van der Waals surface area contributed by atoms with Gasteiger partial charge >= 0.3 is 0 Å². The van der Waals surface area contributed by atoms with E-state index >= 15 is 0 Å². The number of piperazine rings is 1. The summed E-state index contributed by atoms with van der Waals surface area (Å²) in [6.07, 6.45) is 1.03. The lowest BCUT2D eigenvalue weighted by Crippen LogP contribution is -2.51. The number of rotatable bonds is 8. The molecule has 0 radical (unpaired) electrons. The van der Waals surface area contributed by atoms with Crippen LogP contribution in [0.5, 0.6) is 11.5 Å². The fraction of sp³-hybridized carbons (Fsp3) is 0.417. The lowest BCUT2D eigenvalue weighted by Gasteiger charge is -2.34. The van der Waals surface area contributed by atoms with Crippen LogP contribution < -0.4 is 9.47 Å². The largest absolute Gasteiger partial charge is 0.492 e. The standard InChI is InChI=1S/C24H29ClN2O4/c1-18-9-10-21(19(2)16-18)31-17-24(29)27-13-11-26(12-14-27)23(28)8-5-15-30-22-7-4-3-6-20(22)25/h3-4,6-7,9-10,16H,5,8,11-15,17H2,1-2H3. The van der Waals surface area contributed by atoms with Crippen LogP contribution in [0.4, 0.5) is 0 Å². The van der Waals surface area contributed by atoms with Crippen LogP contribution in [-0.4, -0.2) is 61.0 Å². The first-order chi connectivity index (χ1) is 14.9. The number of hydrogen-bond acceptors (Lipinski definition) is 4. The van der Waals surface area contributed by atoms with Gasteiger partial charge in [-0.05, 0) is 44.0 Å². The summed E-state index contributed by atoms with van der Waals surface area (Å²) in [6.45, 7) is 6.57. The van der Waals surface area contributed by atoms with E-state index in [1.807, 2.05) is 55.1 Å². The number of amides is 2. The van der Waals surface area contributed by atoms with Crippen LogP contribution in [0.3, 0.4) is 0 Å². The third-order valence-electron chi connectivity index (χ3n) is 5.30. The number of hydrogen-bond donors (Lipinski definition) is 0. The Morgan fingerprint density at radius 1 is 0.903 bits per heavy atom. The molecule has 1 fully saturated rings. The van der Waals surface area contributed by atoms with E-state index in [4.69, 9.17) is 21.1 Å². The van der Waals surface area contributed by atoms with Crippen molar-refractivity contribution in [1.82, 2.24) is 9.80 Å². The summed E-state index contributed by atoms with van der Waals surface area (Å²) in [4.78, 5) is 28.5. The van der Waals surface area contributed by atoms with Crippen LogP contribution in [0.2, 0.25) is 5.02 Å². The average molecular weight is 445 g/mol. The average Bonchev–Trinajstić information content (AvgIpc) is 2.77. The smallest absolute Gasteiger partial charge is 0.260 e. The molecule has 7 heteroatoms. The number of carbonyl (C=O) groups excluding carboxylic acids is 2. The number of nitrogens with zero attached hydrogens (tertiary/aromatic N) is 2. The lowest BCUT2D eigenvalue weighted by molar-refractivity contribution is -0.140. The van der Waals surface area contributed by atoms with Crippen molar-refractivity contribution in [3.8, 4) is 11.5 Å². The second-order valence-electron chi connectivity index (χ2n) is 7.70. The predicted octanol–water partition coefficient (Wildman–Crippen LogP) is 3.87. The first kappa shape index (κ1) is 22.9. The third kappa shape index (κ3) is 6.62. The normalized spacial score (nSPS) is 13.8.